The third-order valence-electron chi connectivity index (χ3n) is 4.96. The summed E-state index contributed by atoms with van der Waals surface area (Å²) in [5.74, 6) is 1.63. The second-order valence-corrected chi connectivity index (χ2v) is 6.88. The van der Waals surface area contributed by atoms with E-state index in [0.29, 0.717) is 11.7 Å². The van der Waals surface area contributed by atoms with Crippen molar-refractivity contribution >= 4 is 5.91 Å². The van der Waals surface area contributed by atoms with Gasteiger partial charge in [-0.3, -0.25) is 9.69 Å². The minimum atomic E-state index is -0.0172. The molecule has 0 bridgehead atoms. The van der Waals surface area contributed by atoms with Crippen LogP contribution in [0.5, 0.6) is 0 Å². The van der Waals surface area contributed by atoms with Crippen LogP contribution in [0.2, 0.25) is 0 Å². The summed E-state index contributed by atoms with van der Waals surface area (Å²) in [6.07, 6.45) is 0.996. The number of carbonyl (C=O) groups excluding carboxylic acids is 1. The molecule has 1 aliphatic rings. The fourth-order valence-electron chi connectivity index (χ4n) is 3.65. The highest BCUT2D eigenvalue weighted by atomic mass is 16.3. The van der Waals surface area contributed by atoms with Crippen LogP contribution >= 0.6 is 0 Å². The summed E-state index contributed by atoms with van der Waals surface area (Å²) in [4.78, 5) is 16.9. The zero-order chi connectivity index (χ0) is 17.1. The van der Waals surface area contributed by atoms with Crippen molar-refractivity contribution in [2.75, 3.05) is 20.1 Å². The van der Waals surface area contributed by atoms with Gasteiger partial charge in [-0.05, 0) is 37.0 Å². The molecule has 4 nitrogen and oxygen atoms in total. The lowest BCUT2D eigenvalue weighted by Crippen LogP contribution is -2.50. The highest BCUT2D eigenvalue weighted by Gasteiger charge is 2.32. The monoisotopic (exact) mass is 326 g/mol. The average Bonchev–Trinajstić information content (AvgIpc) is 3.01. The number of hydrogen-bond donors (Lipinski definition) is 0. The van der Waals surface area contributed by atoms with E-state index >= 15 is 0 Å². The molecule has 2 heterocycles. The SMILES string of the molecule is Cc1ccc(C(=O)N(C)[C@@H]2CCN(Cc3ccccc3)C[C@@H]2C)o1. The number of benzene rings is 1. The van der Waals surface area contributed by atoms with Crippen LogP contribution in [0.1, 0.15) is 35.2 Å². The molecule has 3 rings (SSSR count). The minimum Gasteiger partial charge on any atom is -0.456 e. The lowest BCUT2D eigenvalue weighted by molar-refractivity contribution is 0.0471. The average molecular weight is 326 g/mol. The third kappa shape index (κ3) is 3.70. The molecule has 1 fully saturated rings. The van der Waals surface area contributed by atoms with Crippen LogP contribution in [0.3, 0.4) is 0 Å². The normalized spacial score (nSPS) is 21.6. The van der Waals surface area contributed by atoms with Crippen molar-refractivity contribution < 1.29 is 9.21 Å². The Kier molecular flexibility index (Phi) is 5.05. The lowest BCUT2D eigenvalue weighted by atomic mass is 9.92. The van der Waals surface area contributed by atoms with Gasteiger partial charge in [-0.2, -0.15) is 0 Å². The predicted molar refractivity (Wildman–Crippen MR) is 94.8 cm³/mol. The number of carbonyl (C=O) groups is 1. The van der Waals surface area contributed by atoms with Crippen LogP contribution in [0.15, 0.2) is 46.9 Å². The van der Waals surface area contributed by atoms with Gasteiger partial charge in [-0.25, -0.2) is 0 Å². The number of aryl methyl sites for hydroxylation is 1. The third-order valence-corrected chi connectivity index (χ3v) is 4.96. The molecular weight excluding hydrogens is 300 g/mol. The van der Waals surface area contributed by atoms with Crippen molar-refractivity contribution in [2.45, 2.75) is 32.9 Å². The molecule has 1 amide bonds. The quantitative estimate of drug-likeness (QED) is 0.862. The van der Waals surface area contributed by atoms with E-state index in [1.807, 2.05) is 24.9 Å². The molecule has 0 aliphatic carbocycles. The summed E-state index contributed by atoms with van der Waals surface area (Å²) in [6.45, 7) is 7.10. The van der Waals surface area contributed by atoms with Gasteiger partial charge in [0.25, 0.3) is 5.91 Å². The number of nitrogens with zero attached hydrogens (tertiary/aromatic N) is 2. The number of furan rings is 1. The minimum absolute atomic E-state index is 0.0172. The topological polar surface area (TPSA) is 36.7 Å². The summed E-state index contributed by atoms with van der Waals surface area (Å²) in [6, 6.07) is 14.4. The second-order valence-electron chi connectivity index (χ2n) is 6.88. The van der Waals surface area contributed by atoms with Crippen LogP contribution in [-0.4, -0.2) is 41.9 Å². The molecule has 0 unspecified atom stereocenters. The van der Waals surface area contributed by atoms with Crippen LogP contribution in [0.25, 0.3) is 0 Å². The Morgan fingerprint density at radius 1 is 1.25 bits per heavy atom. The van der Waals surface area contributed by atoms with Crippen molar-refractivity contribution in [3.63, 3.8) is 0 Å². The van der Waals surface area contributed by atoms with Crippen LogP contribution in [0.4, 0.5) is 0 Å². The maximum Gasteiger partial charge on any atom is 0.289 e. The molecule has 2 atom stereocenters. The van der Waals surface area contributed by atoms with E-state index in [-0.39, 0.29) is 11.9 Å². The first kappa shape index (κ1) is 16.8. The number of hydrogen-bond acceptors (Lipinski definition) is 3. The number of rotatable bonds is 4. The van der Waals surface area contributed by atoms with Gasteiger partial charge in [-0.15, -0.1) is 0 Å². The molecule has 1 aliphatic heterocycles. The van der Waals surface area contributed by atoms with Crippen LogP contribution in [-0.2, 0) is 6.54 Å². The molecule has 0 radical (unpaired) electrons. The molecule has 24 heavy (non-hydrogen) atoms. The van der Waals surface area contributed by atoms with Crippen molar-refractivity contribution in [3.8, 4) is 0 Å². The van der Waals surface area contributed by atoms with Crippen LogP contribution in [0, 0.1) is 12.8 Å². The van der Waals surface area contributed by atoms with Gasteiger partial charge in [0, 0.05) is 32.7 Å². The molecule has 2 aromatic rings. The van der Waals surface area contributed by atoms with Gasteiger partial charge < -0.3 is 9.32 Å². The van der Waals surface area contributed by atoms with E-state index in [2.05, 4.69) is 42.2 Å². The molecule has 0 spiro atoms. The van der Waals surface area contributed by atoms with Crippen molar-refractivity contribution in [1.29, 1.82) is 0 Å². The Morgan fingerprint density at radius 2 is 2.00 bits per heavy atom. The standard InChI is InChI=1S/C20H26N2O2/c1-15-13-22(14-17-7-5-4-6-8-17)12-11-18(15)21(3)20(23)19-10-9-16(2)24-19/h4-10,15,18H,11-14H2,1-3H3/t15-,18+/m0/s1. The maximum atomic E-state index is 12.6. The summed E-state index contributed by atoms with van der Waals surface area (Å²) in [7, 11) is 1.90. The Hall–Kier alpha value is -2.07. The van der Waals surface area contributed by atoms with Crippen molar-refractivity contribution in [1.82, 2.24) is 9.80 Å². The summed E-state index contributed by atoms with van der Waals surface area (Å²) in [5, 5.41) is 0. The van der Waals surface area contributed by atoms with E-state index in [1.54, 1.807) is 6.07 Å². The van der Waals surface area contributed by atoms with E-state index in [4.69, 9.17) is 4.42 Å². The number of likely N-dealkylation sites (tertiary alicyclic amines) is 1. The first-order valence-corrected chi connectivity index (χ1v) is 8.64. The van der Waals surface area contributed by atoms with Crippen molar-refractivity contribution in [3.05, 3.63) is 59.5 Å². The van der Waals surface area contributed by atoms with Gasteiger partial charge in [0.05, 0.1) is 0 Å². The molecule has 0 saturated carbocycles. The fraction of sp³-hybridized carbons (Fsp3) is 0.450. The Balaban J connectivity index is 1.60. The predicted octanol–water partition coefficient (Wildman–Crippen LogP) is 3.57. The highest BCUT2D eigenvalue weighted by Crippen LogP contribution is 2.24. The largest absolute Gasteiger partial charge is 0.456 e. The summed E-state index contributed by atoms with van der Waals surface area (Å²) in [5.41, 5.74) is 1.35. The first-order chi connectivity index (χ1) is 11.5. The van der Waals surface area contributed by atoms with Gasteiger partial charge >= 0.3 is 0 Å². The number of piperidine rings is 1. The Bertz CT molecular complexity index is 680. The van der Waals surface area contributed by atoms with Gasteiger partial charge in [-0.1, -0.05) is 37.3 Å². The highest BCUT2D eigenvalue weighted by molar-refractivity contribution is 5.91. The van der Waals surface area contributed by atoms with E-state index in [0.717, 1.165) is 31.8 Å². The zero-order valence-corrected chi connectivity index (χ0v) is 14.7. The van der Waals surface area contributed by atoms with Crippen molar-refractivity contribution in [2.24, 2.45) is 5.92 Å². The van der Waals surface area contributed by atoms with E-state index < -0.39 is 0 Å². The molecular formula is C20H26N2O2. The molecule has 0 N–H and O–H groups in total. The number of amides is 1. The van der Waals surface area contributed by atoms with E-state index in [1.165, 1.54) is 5.56 Å². The molecule has 1 aromatic heterocycles. The molecule has 4 heteroatoms. The molecule has 1 aromatic carbocycles. The fourth-order valence-corrected chi connectivity index (χ4v) is 3.65. The van der Waals surface area contributed by atoms with Gasteiger partial charge in [0.2, 0.25) is 0 Å². The molecule has 128 valence electrons. The lowest BCUT2D eigenvalue weighted by Gasteiger charge is -2.41. The Morgan fingerprint density at radius 3 is 2.62 bits per heavy atom. The smallest absolute Gasteiger partial charge is 0.289 e. The molecule has 1 saturated heterocycles. The van der Waals surface area contributed by atoms with Gasteiger partial charge in [0.15, 0.2) is 5.76 Å². The van der Waals surface area contributed by atoms with Crippen LogP contribution < -0.4 is 0 Å². The van der Waals surface area contributed by atoms with Gasteiger partial charge in [0.1, 0.15) is 5.76 Å². The summed E-state index contributed by atoms with van der Waals surface area (Å²) >= 11 is 0. The zero-order valence-electron chi connectivity index (χ0n) is 14.7. The first-order valence-electron chi connectivity index (χ1n) is 8.64. The maximum absolute atomic E-state index is 12.6. The van der Waals surface area contributed by atoms with E-state index in [9.17, 15) is 4.79 Å². The second kappa shape index (κ2) is 7.22. The Labute approximate surface area is 144 Å². The summed E-state index contributed by atoms with van der Waals surface area (Å²) < 4.78 is 5.49.